The van der Waals surface area contributed by atoms with E-state index in [1.54, 1.807) is 20.8 Å². The molecule has 7 nitrogen and oxygen atoms in total. The van der Waals surface area contributed by atoms with Crippen LogP contribution in [0.2, 0.25) is 5.28 Å². The Balaban J connectivity index is 2.83. The lowest BCUT2D eigenvalue weighted by atomic mass is 10.2. The Hall–Kier alpha value is -1.15. The minimum atomic E-state index is -3.20. The maximum atomic E-state index is 11.6. The van der Waals surface area contributed by atoms with Gasteiger partial charge >= 0.3 is 6.01 Å². The molecule has 0 aliphatic rings. The second-order valence-electron chi connectivity index (χ2n) is 4.53. The van der Waals surface area contributed by atoms with Crippen LogP contribution in [0.4, 0.5) is 5.95 Å². The average molecular weight is 309 g/mol. The fraction of sp³-hybridized carbons (Fsp3) is 0.700. The zero-order valence-corrected chi connectivity index (χ0v) is 12.8. The van der Waals surface area contributed by atoms with Gasteiger partial charge < -0.3 is 10.1 Å². The molecule has 0 amide bonds. The summed E-state index contributed by atoms with van der Waals surface area (Å²) in [6.45, 7) is 5.56. The van der Waals surface area contributed by atoms with E-state index in [9.17, 15) is 8.42 Å². The molecule has 0 aliphatic heterocycles. The first-order chi connectivity index (χ1) is 8.65. The van der Waals surface area contributed by atoms with Crippen molar-refractivity contribution in [2.75, 3.05) is 24.7 Å². The molecular weight excluding hydrogens is 292 g/mol. The van der Waals surface area contributed by atoms with Gasteiger partial charge in [0.2, 0.25) is 11.2 Å². The summed E-state index contributed by atoms with van der Waals surface area (Å²) in [5, 5.41) is 2.81. The normalized spacial score (nSPS) is 12.3. The third-order valence-electron chi connectivity index (χ3n) is 2.54. The molecule has 0 saturated heterocycles. The molecule has 9 heteroatoms. The SMILES string of the molecule is CCOc1nc(Cl)nc(NCC(C)(C)S(C)(=O)=O)n1. The molecule has 1 N–H and O–H groups in total. The summed E-state index contributed by atoms with van der Waals surface area (Å²) in [4.78, 5) is 11.6. The number of hydrogen-bond acceptors (Lipinski definition) is 7. The van der Waals surface area contributed by atoms with Crippen LogP contribution in [-0.2, 0) is 9.84 Å². The van der Waals surface area contributed by atoms with Gasteiger partial charge in [0.25, 0.3) is 0 Å². The van der Waals surface area contributed by atoms with E-state index in [-0.39, 0.29) is 23.8 Å². The first-order valence-corrected chi connectivity index (χ1v) is 7.90. The number of nitrogens with one attached hydrogen (secondary N) is 1. The number of halogens is 1. The molecule has 0 bridgehead atoms. The van der Waals surface area contributed by atoms with E-state index >= 15 is 0 Å². The highest BCUT2D eigenvalue weighted by atomic mass is 35.5. The van der Waals surface area contributed by atoms with Crippen LogP contribution >= 0.6 is 11.6 Å². The Morgan fingerprint density at radius 2 is 1.95 bits per heavy atom. The molecular formula is C10H17ClN4O3S. The molecule has 108 valence electrons. The lowest BCUT2D eigenvalue weighted by Gasteiger charge is -2.22. The van der Waals surface area contributed by atoms with Crippen LogP contribution in [0.15, 0.2) is 0 Å². The van der Waals surface area contributed by atoms with E-state index in [0.717, 1.165) is 0 Å². The van der Waals surface area contributed by atoms with Gasteiger partial charge in [-0.25, -0.2) is 8.42 Å². The van der Waals surface area contributed by atoms with Crippen molar-refractivity contribution in [3.8, 4) is 6.01 Å². The molecule has 0 unspecified atom stereocenters. The fourth-order valence-electron chi connectivity index (χ4n) is 1.03. The van der Waals surface area contributed by atoms with Gasteiger partial charge in [-0.05, 0) is 32.4 Å². The van der Waals surface area contributed by atoms with Gasteiger partial charge in [-0.2, -0.15) is 15.0 Å². The quantitative estimate of drug-likeness (QED) is 0.842. The van der Waals surface area contributed by atoms with Gasteiger partial charge in [-0.15, -0.1) is 0 Å². The maximum absolute atomic E-state index is 11.6. The van der Waals surface area contributed by atoms with Crippen molar-refractivity contribution in [1.29, 1.82) is 0 Å². The lowest BCUT2D eigenvalue weighted by Crippen LogP contribution is -2.38. The maximum Gasteiger partial charge on any atom is 0.322 e. The largest absolute Gasteiger partial charge is 0.464 e. The Morgan fingerprint density at radius 1 is 1.32 bits per heavy atom. The van der Waals surface area contributed by atoms with Crippen LogP contribution in [-0.4, -0.2) is 47.5 Å². The van der Waals surface area contributed by atoms with Crippen molar-refractivity contribution in [3.05, 3.63) is 5.28 Å². The first-order valence-electron chi connectivity index (χ1n) is 5.63. The number of ether oxygens (including phenoxy) is 1. The van der Waals surface area contributed by atoms with Crippen molar-refractivity contribution >= 4 is 27.4 Å². The van der Waals surface area contributed by atoms with E-state index in [4.69, 9.17) is 16.3 Å². The topological polar surface area (TPSA) is 94.1 Å². The highest BCUT2D eigenvalue weighted by Crippen LogP contribution is 2.17. The molecule has 1 aromatic rings. The van der Waals surface area contributed by atoms with E-state index in [1.807, 2.05) is 0 Å². The first kappa shape index (κ1) is 15.9. The zero-order chi connectivity index (χ0) is 14.7. The summed E-state index contributed by atoms with van der Waals surface area (Å²) in [6.07, 6.45) is 1.18. The highest BCUT2D eigenvalue weighted by molar-refractivity contribution is 7.92. The van der Waals surface area contributed by atoms with Crippen molar-refractivity contribution in [2.45, 2.75) is 25.5 Å². The second-order valence-corrected chi connectivity index (χ2v) is 7.52. The molecule has 19 heavy (non-hydrogen) atoms. The van der Waals surface area contributed by atoms with Crippen molar-refractivity contribution in [2.24, 2.45) is 0 Å². The number of sulfone groups is 1. The molecule has 0 atom stereocenters. The Morgan fingerprint density at radius 3 is 2.47 bits per heavy atom. The van der Waals surface area contributed by atoms with Gasteiger partial charge in [0.1, 0.15) is 0 Å². The predicted molar refractivity (Wildman–Crippen MR) is 73.4 cm³/mol. The number of aromatic nitrogens is 3. The number of anilines is 1. The summed E-state index contributed by atoms with van der Waals surface area (Å²) in [5.74, 6) is 0.181. The molecule has 1 heterocycles. The second kappa shape index (κ2) is 5.87. The van der Waals surface area contributed by atoms with E-state index < -0.39 is 14.6 Å². The Kier molecular flexibility index (Phi) is 4.92. The van der Waals surface area contributed by atoms with Crippen LogP contribution < -0.4 is 10.1 Å². The lowest BCUT2D eigenvalue weighted by molar-refractivity contribution is 0.312. The van der Waals surface area contributed by atoms with Gasteiger partial charge in [0, 0.05) is 12.8 Å². The van der Waals surface area contributed by atoms with Crippen molar-refractivity contribution in [3.63, 3.8) is 0 Å². The predicted octanol–water partition coefficient (Wildman–Crippen LogP) is 1.16. The average Bonchev–Trinajstić information content (AvgIpc) is 2.25. The highest BCUT2D eigenvalue weighted by Gasteiger charge is 2.30. The smallest absolute Gasteiger partial charge is 0.322 e. The van der Waals surface area contributed by atoms with Gasteiger partial charge in [-0.3, -0.25) is 0 Å². The molecule has 0 aromatic carbocycles. The summed E-state index contributed by atoms with van der Waals surface area (Å²) in [5.41, 5.74) is 0. The van der Waals surface area contributed by atoms with E-state index in [1.165, 1.54) is 6.26 Å². The summed E-state index contributed by atoms with van der Waals surface area (Å²) in [6, 6.07) is 0.0992. The summed E-state index contributed by atoms with van der Waals surface area (Å²) in [7, 11) is -3.20. The molecule has 0 saturated carbocycles. The van der Waals surface area contributed by atoms with Crippen LogP contribution in [0.25, 0.3) is 0 Å². The monoisotopic (exact) mass is 308 g/mol. The standard InChI is InChI=1S/C10H17ClN4O3S/c1-5-18-9-14-7(11)13-8(15-9)12-6-10(2,3)19(4,16)17/h5-6H2,1-4H3,(H,12,13,14,15). The van der Waals surface area contributed by atoms with Crippen LogP contribution in [0.5, 0.6) is 6.01 Å². The van der Waals surface area contributed by atoms with E-state index in [0.29, 0.717) is 6.61 Å². The number of hydrogen-bond donors (Lipinski definition) is 1. The number of rotatable bonds is 6. The Labute approximate surface area is 117 Å². The van der Waals surface area contributed by atoms with Crippen LogP contribution in [0, 0.1) is 0 Å². The summed E-state index contributed by atoms with van der Waals surface area (Å²) >= 11 is 5.73. The fourth-order valence-corrected chi connectivity index (χ4v) is 1.51. The number of nitrogens with zero attached hydrogens (tertiary/aromatic N) is 3. The van der Waals surface area contributed by atoms with Crippen molar-refractivity contribution in [1.82, 2.24) is 15.0 Å². The summed E-state index contributed by atoms with van der Waals surface area (Å²) < 4.78 is 27.3. The van der Waals surface area contributed by atoms with Gasteiger partial charge in [0.15, 0.2) is 9.84 Å². The molecule has 1 rings (SSSR count). The molecule has 0 radical (unpaired) electrons. The van der Waals surface area contributed by atoms with Gasteiger partial charge in [-0.1, -0.05) is 0 Å². The molecule has 0 spiro atoms. The molecule has 1 aromatic heterocycles. The zero-order valence-electron chi connectivity index (χ0n) is 11.3. The minimum Gasteiger partial charge on any atom is -0.464 e. The third-order valence-corrected chi connectivity index (χ3v) is 4.86. The minimum absolute atomic E-state index is 0.0156. The molecule has 0 aliphatic carbocycles. The van der Waals surface area contributed by atoms with Crippen LogP contribution in [0.1, 0.15) is 20.8 Å². The van der Waals surface area contributed by atoms with Crippen LogP contribution in [0.3, 0.4) is 0 Å². The molecule has 0 fully saturated rings. The Bertz CT molecular complexity index is 548. The van der Waals surface area contributed by atoms with Crippen molar-refractivity contribution < 1.29 is 13.2 Å². The van der Waals surface area contributed by atoms with E-state index in [2.05, 4.69) is 20.3 Å². The third kappa shape index (κ3) is 4.46. The van der Waals surface area contributed by atoms with Gasteiger partial charge in [0.05, 0.1) is 11.4 Å².